The number of rotatable bonds is 8. The summed E-state index contributed by atoms with van der Waals surface area (Å²) in [4.78, 5) is 68.5. The van der Waals surface area contributed by atoms with Crippen LogP contribution in [0.1, 0.15) is 106 Å². The molecule has 2 aliphatic rings. The first-order valence-corrected chi connectivity index (χ1v) is 17.6. The fourth-order valence-electron chi connectivity index (χ4n) is 6.13. The van der Waals surface area contributed by atoms with E-state index >= 15 is 0 Å². The minimum atomic E-state index is -0.741. The number of aromatic amines is 2. The molecule has 2 aromatic heterocycles. The molecule has 4 rings (SSSR count). The molecule has 0 saturated heterocycles. The number of carbonyl (C=O) groups is 2. The largest absolute Gasteiger partial charge is 0.444 e. The first-order valence-electron chi connectivity index (χ1n) is 17.6. The number of halogens is 2. The van der Waals surface area contributed by atoms with Gasteiger partial charge in [0.25, 0.3) is 11.1 Å². The van der Waals surface area contributed by atoms with E-state index < -0.39 is 40.6 Å². The van der Waals surface area contributed by atoms with Crippen LogP contribution in [0.3, 0.4) is 0 Å². The van der Waals surface area contributed by atoms with Crippen molar-refractivity contribution in [2.45, 2.75) is 141 Å². The molecule has 2 aliphatic carbocycles. The van der Waals surface area contributed by atoms with Crippen molar-refractivity contribution >= 4 is 29.7 Å². The number of aliphatic hydroxyl groups is 1. The van der Waals surface area contributed by atoms with Gasteiger partial charge in [-0.05, 0) is 99.3 Å². The minimum Gasteiger partial charge on any atom is -0.444 e. The van der Waals surface area contributed by atoms with E-state index in [1.807, 2.05) is 27.7 Å². The smallest absolute Gasteiger partial charge is 0.408 e. The van der Waals surface area contributed by atoms with Crippen molar-refractivity contribution in [3.63, 3.8) is 0 Å². The van der Waals surface area contributed by atoms with Crippen LogP contribution in [0.25, 0.3) is 0 Å². The molecule has 0 unspecified atom stereocenters. The maximum Gasteiger partial charge on any atom is 0.408 e. The van der Waals surface area contributed by atoms with Gasteiger partial charge < -0.3 is 45.8 Å². The number of carbonyl (C=O) groups excluding carboxylic acids is 4. The van der Waals surface area contributed by atoms with Gasteiger partial charge in [0, 0.05) is 42.1 Å². The lowest BCUT2D eigenvalue weighted by Crippen LogP contribution is -2.55. The molecule has 0 aliphatic heterocycles. The summed E-state index contributed by atoms with van der Waals surface area (Å²) >= 11 is 0. The quantitative estimate of drug-likeness (QED) is 0.188. The van der Waals surface area contributed by atoms with E-state index in [0.29, 0.717) is 25.7 Å². The molecule has 0 spiro atoms. The summed E-state index contributed by atoms with van der Waals surface area (Å²) in [6, 6.07) is 2.40. The van der Waals surface area contributed by atoms with Crippen molar-refractivity contribution in [3.8, 4) is 0 Å². The molecule has 2 fully saturated rings. The lowest BCUT2D eigenvalue weighted by molar-refractivity contribution is -0.191. The molecule has 0 atom stereocenters. The molecule has 0 radical (unpaired) electrons. The van der Waals surface area contributed by atoms with Crippen LogP contribution in [0.2, 0.25) is 0 Å². The molecule has 2 heterocycles. The van der Waals surface area contributed by atoms with Crippen molar-refractivity contribution in [2.75, 3.05) is 17.2 Å². The van der Waals surface area contributed by atoms with E-state index in [0.717, 1.165) is 50.6 Å². The molecule has 2 saturated carbocycles. The number of hydrogen-bond acceptors (Lipinski definition) is 11. The predicted octanol–water partition coefficient (Wildman–Crippen LogP) is 5.08. The van der Waals surface area contributed by atoms with Gasteiger partial charge >= 0.3 is 18.3 Å². The second-order valence-corrected chi connectivity index (χ2v) is 15.4. The Labute approximate surface area is 307 Å². The van der Waals surface area contributed by atoms with Gasteiger partial charge in [-0.3, -0.25) is 9.59 Å². The van der Waals surface area contributed by atoms with E-state index in [4.69, 9.17) is 19.1 Å². The summed E-state index contributed by atoms with van der Waals surface area (Å²) in [5.74, 6) is -0.999. The molecular formula is C36H54F2N6O9. The molecule has 0 bridgehead atoms. The van der Waals surface area contributed by atoms with Crippen molar-refractivity contribution in [1.29, 1.82) is 0 Å². The number of hydrogen-bond donors (Lipinski definition) is 7. The topological polar surface area (TPSA) is 221 Å². The van der Waals surface area contributed by atoms with E-state index in [2.05, 4.69) is 31.2 Å². The van der Waals surface area contributed by atoms with Crippen LogP contribution in [0.4, 0.5) is 29.7 Å². The molecule has 2 amide bonds. The first kappa shape index (κ1) is 44.4. The Kier molecular flexibility index (Phi) is 16.2. The van der Waals surface area contributed by atoms with Gasteiger partial charge in [0.1, 0.15) is 34.2 Å². The monoisotopic (exact) mass is 752 g/mol. The van der Waals surface area contributed by atoms with Crippen LogP contribution in [0.15, 0.2) is 34.1 Å². The zero-order valence-electron chi connectivity index (χ0n) is 31.5. The van der Waals surface area contributed by atoms with Crippen LogP contribution in [0, 0.1) is 11.6 Å². The van der Waals surface area contributed by atoms with Gasteiger partial charge in [0.2, 0.25) is 0 Å². The number of aliphatic hydroxyl groups excluding tert-OH is 1. The highest BCUT2D eigenvalue weighted by Crippen LogP contribution is 2.33. The summed E-state index contributed by atoms with van der Waals surface area (Å²) in [6.45, 7) is 12.7. The molecule has 0 aromatic carbocycles. The van der Waals surface area contributed by atoms with Gasteiger partial charge in [-0.25, -0.2) is 18.4 Å². The molecular weight excluding hydrogens is 698 g/mol. The number of nitrogens with one attached hydrogen (secondary N) is 6. The highest BCUT2D eigenvalue weighted by atomic mass is 19.1. The van der Waals surface area contributed by atoms with Crippen LogP contribution >= 0.6 is 0 Å². The van der Waals surface area contributed by atoms with Gasteiger partial charge in [0.15, 0.2) is 0 Å². The normalized spacial score (nSPS) is 22.6. The average Bonchev–Trinajstić information content (AvgIpc) is 3.05. The Hall–Kier alpha value is -4.76. The third-order valence-corrected chi connectivity index (χ3v) is 8.85. The van der Waals surface area contributed by atoms with E-state index in [-0.39, 0.29) is 52.9 Å². The Morgan fingerprint density at radius 3 is 1.43 bits per heavy atom. The lowest BCUT2D eigenvalue weighted by Gasteiger charge is -2.40. The maximum atomic E-state index is 13.3. The Balaban J connectivity index is 0.000000341. The molecule has 17 heteroatoms. The van der Waals surface area contributed by atoms with Crippen LogP contribution < -0.4 is 32.4 Å². The lowest BCUT2D eigenvalue weighted by atomic mass is 9.77. The molecule has 15 nitrogen and oxygen atoms in total. The highest BCUT2D eigenvalue weighted by Gasteiger charge is 2.38. The standard InChI is InChI=1S/C18H28FN3O3.C17H26FN3O4.CO2/c1-5-18(22-16(24)25-17(2,3)4)8-6-13(7-9-18)21-14-10-12(19)11-20-15(14)23;1-16(2,3)25-15(24)21-17(10-22)6-4-12(5-7-17)20-13-8-11(18)9-19-14(13)23;2-1-3/h10-11,13,21H,5-9H2,1-4H3,(H,20,23)(H,22,24);8-9,12,20,22H,4-7,10H2,1-3H3,(H,19,23)(H,21,24);. The zero-order chi connectivity index (χ0) is 40.0. The van der Waals surface area contributed by atoms with Crippen LogP contribution in [0.5, 0.6) is 0 Å². The first-order chi connectivity index (χ1) is 24.7. The molecule has 7 N–H and O–H groups in total. The zero-order valence-corrected chi connectivity index (χ0v) is 31.5. The summed E-state index contributed by atoms with van der Waals surface area (Å²) < 4.78 is 37.2. The molecule has 2 aromatic rings. The van der Waals surface area contributed by atoms with Crippen molar-refractivity contribution in [3.05, 3.63) is 56.9 Å². The number of amides is 2. The predicted molar refractivity (Wildman–Crippen MR) is 192 cm³/mol. The summed E-state index contributed by atoms with van der Waals surface area (Å²) in [6.07, 6.45) is 7.52. The minimum absolute atomic E-state index is 0.0389. The number of H-pyrrole nitrogens is 2. The number of pyridine rings is 2. The fourth-order valence-corrected chi connectivity index (χ4v) is 6.13. The van der Waals surface area contributed by atoms with Crippen molar-refractivity contribution in [1.82, 2.24) is 20.6 Å². The average molecular weight is 753 g/mol. The third kappa shape index (κ3) is 15.4. The number of aromatic nitrogens is 2. The molecule has 296 valence electrons. The Morgan fingerprint density at radius 1 is 0.774 bits per heavy atom. The summed E-state index contributed by atoms with van der Waals surface area (Å²) in [5.41, 5.74) is -2.47. The third-order valence-electron chi connectivity index (χ3n) is 8.85. The van der Waals surface area contributed by atoms with Crippen LogP contribution in [-0.4, -0.2) is 74.4 Å². The fraction of sp³-hybridized carbons (Fsp3) is 0.639. The molecule has 53 heavy (non-hydrogen) atoms. The van der Waals surface area contributed by atoms with Crippen LogP contribution in [-0.2, 0) is 19.1 Å². The highest BCUT2D eigenvalue weighted by molar-refractivity contribution is 5.69. The number of anilines is 2. The van der Waals surface area contributed by atoms with Crippen molar-refractivity contribution < 1.29 is 42.5 Å². The second kappa shape index (κ2) is 19.4. The van der Waals surface area contributed by atoms with Gasteiger partial charge in [-0.2, -0.15) is 9.59 Å². The Bertz CT molecular complexity index is 1530. The summed E-state index contributed by atoms with van der Waals surface area (Å²) in [7, 11) is 0. The SMILES string of the molecule is CC(C)(C)OC(=O)NC1(CO)CCC(Nc2cc(F)c[nH]c2=O)CC1.CCC1(NC(=O)OC(C)(C)C)CCC(Nc2cc(F)c[nH]c2=O)CC1.O=C=O. The number of alkyl carbamates (subject to hydrolysis) is 2. The van der Waals surface area contributed by atoms with Gasteiger partial charge in [-0.1, -0.05) is 6.92 Å². The van der Waals surface area contributed by atoms with E-state index in [1.54, 1.807) is 20.8 Å². The Morgan fingerprint density at radius 2 is 1.11 bits per heavy atom. The van der Waals surface area contributed by atoms with E-state index in [1.165, 1.54) is 6.07 Å². The van der Waals surface area contributed by atoms with E-state index in [9.17, 15) is 33.1 Å². The second-order valence-electron chi connectivity index (χ2n) is 15.4. The number of ether oxygens (including phenoxy) is 2. The summed E-state index contributed by atoms with van der Waals surface area (Å²) in [5, 5.41) is 21.7. The van der Waals surface area contributed by atoms with Gasteiger partial charge in [0.05, 0.1) is 12.1 Å². The van der Waals surface area contributed by atoms with Crippen molar-refractivity contribution in [2.24, 2.45) is 0 Å². The maximum absolute atomic E-state index is 13.3. The van der Waals surface area contributed by atoms with Gasteiger partial charge in [-0.15, -0.1) is 0 Å².